The van der Waals surface area contributed by atoms with E-state index in [1.54, 1.807) is 36.0 Å². The van der Waals surface area contributed by atoms with Gasteiger partial charge in [0, 0.05) is 156 Å². The Balaban J connectivity index is 0.00000157. The number of piperazine rings is 1. The van der Waals surface area contributed by atoms with E-state index in [1.165, 1.54) is 44.7 Å². The molecule has 1 unspecified atom stereocenters. The average Bonchev–Trinajstić information content (AvgIpc) is 1.50. The molecule has 1 spiro atoms. The SMILES string of the molecule is F[C-](F)F.O.O.O=C1CCC(N2Cc3cc(N4CC[C@@H](CN5CCC6(CCC(c7ccc(Cl)cc7)=C(CN7CCN(c8ccc(C(=O)NS(=O)(=O)c9c[c-]c(N[C@H](CCN%10CCCOCC%10)CSc%10ccccc%10)cc9)cc8)CC7)C6)CC5)C4)c(F)cc3C2=O)C(=O)N1.[Sc]. The van der Waals surface area contributed by atoms with Crippen molar-refractivity contribution in [3.05, 3.63) is 161 Å². The van der Waals surface area contributed by atoms with Gasteiger partial charge in [-0.2, -0.15) is 18.2 Å². The second-order valence-corrected chi connectivity index (χ2v) is 28.2. The third-order valence-electron chi connectivity index (χ3n) is 19.0. The maximum Gasteiger partial charge on any atom is 0.264 e. The molecule has 6 aliphatic heterocycles. The number of benzene rings is 5. The molecule has 1 radical (unpaired) electrons. The molecule has 26 heteroatoms. The summed E-state index contributed by atoms with van der Waals surface area (Å²) in [6, 6.07) is 36.1. The van der Waals surface area contributed by atoms with Gasteiger partial charge in [0.15, 0.2) is 6.68 Å². The van der Waals surface area contributed by atoms with Crippen LogP contribution in [-0.4, -0.2) is 179 Å². The van der Waals surface area contributed by atoms with E-state index in [0.29, 0.717) is 28.4 Å². The number of thioether (sulfide) groups is 1. The second kappa shape index (κ2) is 34.0. The number of sulfonamides is 1. The van der Waals surface area contributed by atoms with Gasteiger partial charge in [0.1, 0.15) is 11.9 Å². The fourth-order valence-corrected chi connectivity index (χ4v) is 16.1. The van der Waals surface area contributed by atoms with Gasteiger partial charge in [-0.1, -0.05) is 53.2 Å². The van der Waals surface area contributed by atoms with Crippen molar-refractivity contribution in [1.82, 2.24) is 29.6 Å². The van der Waals surface area contributed by atoms with Gasteiger partial charge in [-0.05, 0) is 164 Å². The predicted octanol–water partition coefficient (Wildman–Crippen LogP) is 8.90. The zero-order valence-corrected chi connectivity index (χ0v) is 56.7. The number of hydrogen-bond acceptors (Lipinski definition) is 14. The summed E-state index contributed by atoms with van der Waals surface area (Å²) in [5, 5.41) is 6.66. The number of hydrogen-bond donors (Lipinski definition) is 3. The van der Waals surface area contributed by atoms with Crippen molar-refractivity contribution in [3.8, 4) is 0 Å². The average molecular weight is 1390 g/mol. The largest absolute Gasteiger partial charge is 0.412 e. The van der Waals surface area contributed by atoms with Crippen LogP contribution in [0.5, 0.6) is 0 Å². The van der Waals surface area contributed by atoms with Crippen LogP contribution in [0.3, 0.4) is 0 Å². The smallest absolute Gasteiger partial charge is 0.264 e. The first kappa shape index (κ1) is 74.1. The van der Waals surface area contributed by atoms with Crippen molar-refractivity contribution in [2.24, 2.45) is 11.3 Å². The van der Waals surface area contributed by atoms with E-state index >= 15 is 4.39 Å². The summed E-state index contributed by atoms with van der Waals surface area (Å²) in [7, 11) is -4.18. The van der Waals surface area contributed by atoms with E-state index in [9.17, 15) is 40.8 Å². The predicted molar refractivity (Wildman–Crippen MR) is 353 cm³/mol. The van der Waals surface area contributed by atoms with Gasteiger partial charge in [0.25, 0.3) is 11.8 Å². The van der Waals surface area contributed by atoms with Crippen molar-refractivity contribution in [3.63, 3.8) is 0 Å². The van der Waals surface area contributed by atoms with Crippen molar-refractivity contribution in [1.29, 1.82) is 0 Å². The minimum Gasteiger partial charge on any atom is -0.412 e. The Bertz CT molecular complexity index is 3510. The summed E-state index contributed by atoms with van der Waals surface area (Å²) in [5.74, 6) is -1.08. The van der Waals surface area contributed by atoms with Crippen LogP contribution in [-0.2, 0) is 56.7 Å². The van der Waals surface area contributed by atoms with Crippen LogP contribution in [0.4, 0.5) is 34.6 Å². The molecule has 5 aromatic carbocycles. The van der Waals surface area contributed by atoms with Crippen LogP contribution >= 0.6 is 23.4 Å². The third kappa shape index (κ3) is 19.1. The summed E-state index contributed by atoms with van der Waals surface area (Å²) in [4.78, 5) is 65.9. The minimum atomic E-state index is -4.18. The van der Waals surface area contributed by atoms with Crippen molar-refractivity contribution in [2.75, 3.05) is 119 Å². The standard InChI is InChI=1S/C67H78ClFN9O7S2.CF3.2H2O.Sc/c68-52-11-7-48(8-12-52)58-21-24-67(25-30-74(31-26-67)42-47-22-29-77(43-47)62-39-50-45-78(66(82)59(50)40-60(62)69)61-19-20-63(79)71-65(61)81)41-51(58)44-75-32-34-76(35-33-75)55-15-9-49(10-16-55)64(80)72-87(83,84)57-17-13-53(14-18-57)70-54(46-86-56-5-2-1-3-6-56)23-28-73-27-4-37-85-38-36-73;2-1(3)4;;;/h1-3,5-13,15-18,39-40,47,54,61,70H,4,19-38,41-46H2,(H,72,80)(H,71,79,81);;2*1H2;/q2*-1;;;/t47-,54+,61?;;;;/m0..../s1. The number of rotatable bonds is 19. The molecule has 505 valence electrons. The summed E-state index contributed by atoms with van der Waals surface area (Å²) >= 11 is 8.19. The monoisotopic (exact) mass is 1390 g/mol. The van der Waals surface area contributed by atoms with E-state index < -0.39 is 40.4 Å². The number of halogens is 5. The molecule has 0 aromatic heterocycles. The van der Waals surface area contributed by atoms with Crippen molar-refractivity contribution >= 4 is 79.7 Å². The van der Waals surface area contributed by atoms with E-state index in [0.717, 1.165) is 166 Å². The Morgan fingerprint density at radius 2 is 1.55 bits per heavy atom. The Hall–Kier alpha value is -5.74. The van der Waals surface area contributed by atoms with Crippen molar-refractivity contribution in [2.45, 2.75) is 92.6 Å². The normalized spacial score (nSPS) is 20.7. The van der Waals surface area contributed by atoms with Crippen LogP contribution in [0, 0.1) is 29.9 Å². The number of carbonyl (C=O) groups is 4. The molecule has 0 saturated carbocycles. The molecule has 4 amide bonds. The Morgan fingerprint density at radius 3 is 2.26 bits per heavy atom. The maximum absolute atomic E-state index is 15.8. The summed E-state index contributed by atoms with van der Waals surface area (Å²) < 4.78 is 79.6. The fraction of sp³-hybridized carbons (Fsp3) is 0.456. The third-order valence-corrected chi connectivity index (χ3v) is 21.8. The van der Waals surface area contributed by atoms with Crippen LogP contribution in [0.1, 0.15) is 96.1 Å². The molecule has 5 aromatic rings. The number of amides is 4. The number of imide groups is 1. The molecule has 18 nitrogen and oxygen atoms in total. The van der Waals surface area contributed by atoms with Crippen LogP contribution in [0.2, 0.25) is 5.02 Å². The molecule has 0 bridgehead atoms. The first-order chi connectivity index (χ1) is 43.9. The minimum absolute atomic E-state index is 0. The number of anilines is 3. The molecule has 94 heavy (non-hydrogen) atoms. The van der Waals surface area contributed by atoms with Gasteiger partial charge in [0.05, 0.1) is 12.3 Å². The molecular weight excluding hydrogens is 1310 g/mol. The van der Waals surface area contributed by atoms with E-state index in [2.05, 4.69) is 70.2 Å². The number of nitrogens with one attached hydrogen (secondary N) is 3. The molecule has 7 N–H and O–H groups in total. The molecule has 5 saturated heterocycles. The summed E-state index contributed by atoms with van der Waals surface area (Å²) in [6.07, 6.45) is 8.79. The molecule has 12 rings (SSSR count). The van der Waals surface area contributed by atoms with Gasteiger partial charge in [-0.15, -0.1) is 17.8 Å². The fourth-order valence-electron chi connectivity index (χ4n) is 14.0. The van der Waals surface area contributed by atoms with Gasteiger partial charge in [-0.3, -0.25) is 34.1 Å². The molecule has 3 atom stereocenters. The summed E-state index contributed by atoms with van der Waals surface area (Å²) in [5.41, 5.74) is 7.87. The molecule has 1 aliphatic carbocycles. The van der Waals surface area contributed by atoms with E-state index in [4.69, 9.17) is 16.3 Å². The van der Waals surface area contributed by atoms with Crippen LogP contribution in [0.15, 0.2) is 125 Å². The van der Waals surface area contributed by atoms with Gasteiger partial charge < -0.3 is 58.7 Å². The molecular formula is C68H82ClF4N9O9S2Sc-2. The number of ether oxygens (including phenoxy) is 1. The maximum atomic E-state index is 15.8. The number of carbonyl (C=O) groups excluding carboxylic acids is 4. The number of allylic oxidation sites excluding steroid dienone is 1. The number of likely N-dealkylation sites (tertiary alicyclic amines) is 1. The Morgan fingerprint density at radius 1 is 0.819 bits per heavy atom. The molecule has 6 heterocycles. The first-order valence-corrected chi connectivity index (χ1v) is 34.4. The van der Waals surface area contributed by atoms with Gasteiger partial charge in [0.2, 0.25) is 21.8 Å². The number of nitrogens with zero attached hydrogens (tertiary/aromatic N) is 6. The van der Waals surface area contributed by atoms with E-state index in [1.807, 2.05) is 42.5 Å². The van der Waals surface area contributed by atoms with Crippen molar-refractivity contribution < 1.29 is 86.7 Å². The zero-order chi connectivity index (χ0) is 63.7. The summed E-state index contributed by atoms with van der Waals surface area (Å²) in [6.45, 7) is 10.3. The Kier molecular flexibility index (Phi) is 26.8. The van der Waals surface area contributed by atoms with E-state index in [-0.39, 0.29) is 89.9 Å². The Labute approximate surface area is 575 Å². The first-order valence-electron chi connectivity index (χ1n) is 31.6. The van der Waals surface area contributed by atoms with Gasteiger partial charge >= 0.3 is 0 Å². The molecule has 7 aliphatic rings. The number of piperidine rings is 2. The molecule has 5 fully saturated rings. The number of fused-ring (bicyclic) bond motifs is 1. The topological polar surface area (TPSA) is 230 Å². The van der Waals surface area contributed by atoms with Crippen LogP contribution < -0.4 is 25.2 Å². The quantitative estimate of drug-likeness (QED) is 0.0304. The van der Waals surface area contributed by atoms with Crippen LogP contribution in [0.25, 0.3) is 5.57 Å². The second-order valence-electron chi connectivity index (χ2n) is 25.0. The zero-order valence-electron chi connectivity index (χ0n) is 52.5. The van der Waals surface area contributed by atoms with Gasteiger partial charge in [-0.25, -0.2) is 12.8 Å².